The van der Waals surface area contributed by atoms with E-state index in [1.54, 1.807) is 12.4 Å². The van der Waals surface area contributed by atoms with Gasteiger partial charge in [-0.15, -0.1) is 0 Å². The third-order valence-electron chi connectivity index (χ3n) is 1.99. The van der Waals surface area contributed by atoms with Crippen molar-refractivity contribution < 1.29 is 14.6 Å². The van der Waals surface area contributed by atoms with Crippen LogP contribution in [0.4, 0.5) is 0 Å². The molecule has 1 aromatic carbocycles. The number of nitrogens with zero attached hydrogens (tertiary/aromatic N) is 1. The zero-order valence-electron chi connectivity index (χ0n) is 7.93. The molecule has 1 heterocycles. The second-order valence-corrected chi connectivity index (χ2v) is 3.05. The van der Waals surface area contributed by atoms with E-state index in [-0.39, 0.29) is 13.0 Å². The Labute approximate surface area is 85.7 Å². The molecule has 2 rings (SSSR count). The maximum absolute atomic E-state index is 10.3. The Morgan fingerprint density at radius 2 is 2.40 bits per heavy atom. The molecule has 0 atom stereocenters. The minimum atomic E-state index is -0.871. The van der Waals surface area contributed by atoms with Crippen LogP contribution in [-0.2, 0) is 4.79 Å². The quantitative estimate of drug-likeness (QED) is 0.793. The van der Waals surface area contributed by atoms with Crippen LogP contribution in [0.3, 0.4) is 0 Å². The number of ether oxygens (including phenoxy) is 1. The van der Waals surface area contributed by atoms with Crippen molar-refractivity contribution in [1.29, 1.82) is 0 Å². The number of aromatic nitrogens is 2. The molecule has 0 unspecified atom stereocenters. The predicted octanol–water partition coefficient (Wildman–Crippen LogP) is 1.42. The number of rotatable bonds is 4. The number of benzene rings is 1. The summed E-state index contributed by atoms with van der Waals surface area (Å²) in [7, 11) is 0. The van der Waals surface area contributed by atoms with E-state index in [1.165, 1.54) is 0 Å². The Balaban J connectivity index is 2.13. The summed E-state index contributed by atoms with van der Waals surface area (Å²) in [6, 6.07) is 5.48. The second-order valence-electron chi connectivity index (χ2n) is 3.05. The average Bonchev–Trinajstić information content (AvgIpc) is 2.65. The zero-order chi connectivity index (χ0) is 10.7. The predicted molar refractivity (Wildman–Crippen MR) is 53.8 cm³/mol. The van der Waals surface area contributed by atoms with E-state index in [1.807, 2.05) is 12.1 Å². The number of nitrogens with one attached hydrogen (secondary N) is 1. The lowest BCUT2D eigenvalue weighted by molar-refractivity contribution is -0.137. The van der Waals surface area contributed by atoms with Crippen LogP contribution in [0.25, 0.3) is 11.0 Å². The molecule has 0 bridgehead atoms. The van der Waals surface area contributed by atoms with E-state index in [0.29, 0.717) is 5.75 Å². The van der Waals surface area contributed by atoms with Crippen molar-refractivity contribution in [3.05, 3.63) is 24.5 Å². The van der Waals surface area contributed by atoms with Crippen molar-refractivity contribution in [2.45, 2.75) is 6.42 Å². The lowest BCUT2D eigenvalue weighted by Gasteiger charge is -2.04. The molecule has 0 amide bonds. The van der Waals surface area contributed by atoms with E-state index in [2.05, 4.69) is 9.97 Å². The molecule has 1 aromatic heterocycles. The molecule has 0 saturated heterocycles. The average molecular weight is 206 g/mol. The first-order chi connectivity index (χ1) is 7.27. The summed E-state index contributed by atoms with van der Waals surface area (Å²) in [5, 5.41) is 8.46. The Morgan fingerprint density at radius 3 is 3.20 bits per heavy atom. The molecular weight excluding hydrogens is 196 g/mol. The number of aliphatic carboxylic acids is 1. The standard InChI is InChI=1S/C10H10N2O3/c13-9(14)4-5-15-8-3-1-2-7-10(8)12-6-11-7/h1-3,6H,4-5H2,(H,11,12)(H,13,14). The van der Waals surface area contributed by atoms with Gasteiger partial charge in [0.15, 0.2) is 0 Å². The van der Waals surface area contributed by atoms with Crippen molar-refractivity contribution in [2.24, 2.45) is 0 Å². The van der Waals surface area contributed by atoms with Gasteiger partial charge in [-0.05, 0) is 12.1 Å². The maximum Gasteiger partial charge on any atom is 0.306 e. The minimum Gasteiger partial charge on any atom is -0.491 e. The molecule has 15 heavy (non-hydrogen) atoms. The Kier molecular flexibility index (Phi) is 2.53. The number of fused-ring (bicyclic) bond motifs is 1. The van der Waals surface area contributed by atoms with Crippen molar-refractivity contribution in [1.82, 2.24) is 9.97 Å². The summed E-state index contributed by atoms with van der Waals surface area (Å²) in [5.41, 5.74) is 1.60. The van der Waals surface area contributed by atoms with E-state index in [9.17, 15) is 4.79 Å². The van der Waals surface area contributed by atoms with Gasteiger partial charge >= 0.3 is 5.97 Å². The van der Waals surface area contributed by atoms with Crippen LogP contribution in [-0.4, -0.2) is 27.7 Å². The molecule has 0 fully saturated rings. The number of aromatic amines is 1. The molecule has 2 aromatic rings. The van der Waals surface area contributed by atoms with Crippen molar-refractivity contribution in [3.8, 4) is 5.75 Å². The fraction of sp³-hybridized carbons (Fsp3) is 0.200. The van der Waals surface area contributed by atoms with Crippen LogP contribution in [0.1, 0.15) is 6.42 Å². The molecular formula is C10H10N2O3. The molecule has 5 nitrogen and oxygen atoms in total. The summed E-state index contributed by atoms with van der Waals surface area (Å²) >= 11 is 0. The van der Waals surface area contributed by atoms with Crippen LogP contribution in [0.15, 0.2) is 24.5 Å². The maximum atomic E-state index is 10.3. The van der Waals surface area contributed by atoms with Crippen molar-refractivity contribution >= 4 is 17.0 Å². The first-order valence-corrected chi connectivity index (χ1v) is 4.54. The molecule has 5 heteroatoms. The topological polar surface area (TPSA) is 75.2 Å². The summed E-state index contributed by atoms with van der Waals surface area (Å²) < 4.78 is 5.33. The monoisotopic (exact) mass is 206 g/mol. The Hall–Kier alpha value is -2.04. The van der Waals surface area contributed by atoms with E-state index < -0.39 is 5.97 Å². The van der Waals surface area contributed by atoms with Crippen LogP contribution in [0.2, 0.25) is 0 Å². The van der Waals surface area contributed by atoms with Gasteiger partial charge in [-0.25, -0.2) is 4.98 Å². The minimum absolute atomic E-state index is 0.0131. The number of H-pyrrole nitrogens is 1. The second kappa shape index (κ2) is 4.00. The van der Waals surface area contributed by atoms with Crippen LogP contribution < -0.4 is 4.74 Å². The fourth-order valence-electron chi connectivity index (χ4n) is 1.30. The van der Waals surface area contributed by atoms with Gasteiger partial charge < -0.3 is 14.8 Å². The number of carbonyl (C=O) groups is 1. The Bertz CT molecular complexity index is 478. The largest absolute Gasteiger partial charge is 0.491 e. The van der Waals surface area contributed by atoms with Gasteiger partial charge in [-0.3, -0.25) is 4.79 Å². The SMILES string of the molecule is O=C(O)CCOc1cccc2[nH]cnc12. The number of imidazole rings is 1. The first-order valence-electron chi connectivity index (χ1n) is 4.54. The highest BCUT2D eigenvalue weighted by molar-refractivity contribution is 5.81. The number of hydrogen-bond donors (Lipinski definition) is 2. The normalized spacial score (nSPS) is 10.4. The third-order valence-corrected chi connectivity index (χ3v) is 1.99. The number of carboxylic acid groups (broad SMARTS) is 1. The van der Waals surface area contributed by atoms with Gasteiger partial charge in [0.05, 0.1) is 24.9 Å². The van der Waals surface area contributed by atoms with Gasteiger partial charge in [-0.1, -0.05) is 6.07 Å². The van der Waals surface area contributed by atoms with Crippen LogP contribution in [0, 0.1) is 0 Å². The van der Waals surface area contributed by atoms with Gasteiger partial charge in [-0.2, -0.15) is 0 Å². The third kappa shape index (κ3) is 2.07. The van der Waals surface area contributed by atoms with Gasteiger partial charge in [0, 0.05) is 0 Å². The number of carboxylic acids is 1. The summed E-state index contributed by atoms with van der Waals surface area (Å²) in [6.07, 6.45) is 1.57. The molecule has 78 valence electrons. The van der Waals surface area contributed by atoms with E-state index in [0.717, 1.165) is 11.0 Å². The number of para-hydroxylation sites is 1. The zero-order valence-corrected chi connectivity index (χ0v) is 7.93. The fourth-order valence-corrected chi connectivity index (χ4v) is 1.30. The molecule has 2 N–H and O–H groups in total. The van der Waals surface area contributed by atoms with Crippen molar-refractivity contribution in [2.75, 3.05) is 6.61 Å². The van der Waals surface area contributed by atoms with E-state index in [4.69, 9.17) is 9.84 Å². The van der Waals surface area contributed by atoms with E-state index >= 15 is 0 Å². The summed E-state index contributed by atoms with van der Waals surface area (Å²) in [4.78, 5) is 17.3. The van der Waals surface area contributed by atoms with Gasteiger partial charge in [0.2, 0.25) is 0 Å². The number of hydrogen-bond acceptors (Lipinski definition) is 3. The lowest BCUT2D eigenvalue weighted by atomic mass is 10.3. The van der Waals surface area contributed by atoms with Gasteiger partial charge in [0.25, 0.3) is 0 Å². The highest BCUT2D eigenvalue weighted by atomic mass is 16.5. The molecule has 0 saturated carbocycles. The van der Waals surface area contributed by atoms with Gasteiger partial charge in [0.1, 0.15) is 11.3 Å². The smallest absolute Gasteiger partial charge is 0.306 e. The summed E-state index contributed by atoms with van der Waals surface area (Å²) in [6.45, 7) is 0.154. The first kappa shape index (κ1) is 9.51. The molecule has 0 aliphatic carbocycles. The molecule has 0 radical (unpaired) electrons. The molecule has 0 aliphatic heterocycles. The molecule has 0 aliphatic rings. The highest BCUT2D eigenvalue weighted by Gasteiger charge is 2.04. The lowest BCUT2D eigenvalue weighted by Crippen LogP contribution is -2.04. The van der Waals surface area contributed by atoms with Crippen molar-refractivity contribution in [3.63, 3.8) is 0 Å². The summed E-state index contributed by atoms with van der Waals surface area (Å²) in [5.74, 6) is -0.265. The Morgan fingerprint density at radius 1 is 1.53 bits per heavy atom. The highest BCUT2D eigenvalue weighted by Crippen LogP contribution is 2.21. The van der Waals surface area contributed by atoms with Crippen LogP contribution in [0.5, 0.6) is 5.75 Å². The molecule has 0 spiro atoms. The van der Waals surface area contributed by atoms with Crippen LogP contribution >= 0.6 is 0 Å².